The first kappa shape index (κ1) is 74.6. The van der Waals surface area contributed by atoms with Crippen molar-refractivity contribution in [1.82, 2.24) is 0 Å². The normalized spacial score (nSPS) is 12.6. The number of rotatable bonds is 61. The highest BCUT2D eigenvalue weighted by molar-refractivity contribution is 5.71. The molecule has 0 fully saturated rings. The lowest BCUT2D eigenvalue weighted by Gasteiger charge is -2.18. The van der Waals surface area contributed by atoms with Crippen molar-refractivity contribution < 1.29 is 28.6 Å². The Hall–Kier alpha value is -3.41. The van der Waals surface area contributed by atoms with E-state index in [1.807, 2.05) is 0 Å². The Bertz CT molecular complexity index is 1480. The smallest absolute Gasteiger partial charge is 0.306 e. The second-order valence-electron chi connectivity index (χ2n) is 22.4. The average Bonchev–Trinajstić information content (AvgIpc) is 3.44. The quantitative estimate of drug-likeness (QED) is 0.0261. The molecule has 1 atom stereocenters. The van der Waals surface area contributed by atoms with Crippen LogP contribution in [0.2, 0.25) is 0 Å². The highest BCUT2D eigenvalue weighted by Crippen LogP contribution is 2.17. The first-order chi connectivity index (χ1) is 38.5. The number of hydrogen-bond acceptors (Lipinski definition) is 6. The molecule has 1 unspecified atom stereocenters. The van der Waals surface area contributed by atoms with Gasteiger partial charge in [-0.2, -0.15) is 0 Å². The fraction of sp³-hybridized carbons (Fsp3) is 0.764. The molecule has 450 valence electrons. The number of esters is 3. The van der Waals surface area contributed by atoms with Crippen LogP contribution in [0.15, 0.2) is 85.1 Å². The molecule has 78 heavy (non-hydrogen) atoms. The second kappa shape index (κ2) is 66.1. The Labute approximate surface area is 484 Å². The van der Waals surface area contributed by atoms with Crippen LogP contribution in [0.3, 0.4) is 0 Å². The van der Waals surface area contributed by atoms with Crippen LogP contribution in [-0.4, -0.2) is 37.2 Å². The SMILES string of the molecule is CC/C=C\C/C=C\C/C=C\C/C=C\C/C=C\C/C=C\C/C=C\CCCCCCCCCCCCCCCC(=O)OCC(COC(=O)CCCCCCCCCCC)OC(=O)CCCCCCCCCCCCCCCCCC. The van der Waals surface area contributed by atoms with Crippen molar-refractivity contribution in [3.05, 3.63) is 85.1 Å². The van der Waals surface area contributed by atoms with Crippen LogP contribution in [0.4, 0.5) is 0 Å². The van der Waals surface area contributed by atoms with Crippen molar-refractivity contribution in [2.45, 2.75) is 341 Å². The van der Waals surface area contributed by atoms with E-state index >= 15 is 0 Å². The van der Waals surface area contributed by atoms with E-state index in [1.165, 1.54) is 193 Å². The molecule has 0 heterocycles. The number of ether oxygens (including phenoxy) is 3. The monoisotopic (exact) mass is 1090 g/mol. The summed E-state index contributed by atoms with van der Waals surface area (Å²) in [6.07, 6.45) is 87.6. The summed E-state index contributed by atoms with van der Waals surface area (Å²) in [4.78, 5) is 38.2. The van der Waals surface area contributed by atoms with E-state index in [-0.39, 0.29) is 31.1 Å². The standard InChI is InChI=1S/C72H126O6/c1-4-7-10-13-16-19-21-23-25-27-28-29-30-31-32-33-34-35-36-37-38-39-40-41-42-43-44-45-47-48-50-53-56-59-62-65-71(74)77-68-69(67-76-70(73)64-61-58-55-52-18-15-12-9-6-3)78-72(75)66-63-60-57-54-51-49-46-26-24-22-20-17-14-11-8-5-2/h7,10,16,19,23,25,28-29,31-32,34-35,37-38,69H,4-6,8-9,11-15,17-18,20-22,24,26-27,30,33,36,39-68H2,1-3H3/b10-7-,19-16-,25-23-,29-28-,32-31-,35-34-,38-37-. The zero-order valence-electron chi connectivity index (χ0n) is 51.7. The lowest BCUT2D eigenvalue weighted by atomic mass is 10.0. The Morgan fingerprint density at radius 1 is 0.269 bits per heavy atom. The lowest BCUT2D eigenvalue weighted by molar-refractivity contribution is -0.167. The maximum Gasteiger partial charge on any atom is 0.306 e. The Balaban J connectivity index is 4.08. The molecule has 0 aliphatic heterocycles. The van der Waals surface area contributed by atoms with Gasteiger partial charge in [0.15, 0.2) is 6.10 Å². The van der Waals surface area contributed by atoms with Gasteiger partial charge in [-0.1, -0.05) is 324 Å². The third-order valence-electron chi connectivity index (χ3n) is 14.7. The van der Waals surface area contributed by atoms with Gasteiger partial charge in [0.2, 0.25) is 0 Å². The minimum atomic E-state index is -0.771. The number of carbonyl (C=O) groups is 3. The summed E-state index contributed by atoms with van der Waals surface area (Å²) >= 11 is 0. The van der Waals surface area contributed by atoms with Crippen LogP contribution >= 0.6 is 0 Å². The molecule has 0 rings (SSSR count). The molecule has 6 nitrogen and oxygen atoms in total. The highest BCUT2D eigenvalue weighted by atomic mass is 16.6. The van der Waals surface area contributed by atoms with Crippen LogP contribution in [-0.2, 0) is 28.6 Å². The number of allylic oxidation sites excluding steroid dienone is 14. The summed E-state index contributed by atoms with van der Waals surface area (Å²) in [7, 11) is 0. The molecule has 0 amide bonds. The van der Waals surface area contributed by atoms with Crippen molar-refractivity contribution >= 4 is 17.9 Å². The van der Waals surface area contributed by atoms with Crippen LogP contribution in [0, 0.1) is 0 Å². The van der Waals surface area contributed by atoms with Gasteiger partial charge in [-0.25, -0.2) is 0 Å². The largest absolute Gasteiger partial charge is 0.462 e. The zero-order valence-corrected chi connectivity index (χ0v) is 51.7. The van der Waals surface area contributed by atoms with Gasteiger partial charge in [-0.05, 0) is 77.0 Å². The molecule has 0 aliphatic rings. The third kappa shape index (κ3) is 63.4. The number of hydrogen-bond donors (Lipinski definition) is 0. The van der Waals surface area contributed by atoms with Gasteiger partial charge in [-0.3, -0.25) is 14.4 Å². The predicted octanol–water partition coefficient (Wildman–Crippen LogP) is 23.1. The van der Waals surface area contributed by atoms with E-state index in [0.717, 1.165) is 103 Å². The van der Waals surface area contributed by atoms with Gasteiger partial charge in [-0.15, -0.1) is 0 Å². The Kier molecular flexibility index (Phi) is 63.2. The molecular weight excluding hydrogens is 961 g/mol. The molecule has 0 aromatic heterocycles. The zero-order chi connectivity index (χ0) is 56.4. The molecule has 0 saturated heterocycles. The van der Waals surface area contributed by atoms with Gasteiger partial charge in [0.05, 0.1) is 0 Å². The highest BCUT2D eigenvalue weighted by Gasteiger charge is 2.19. The molecule has 0 aromatic rings. The molecule has 0 saturated carbocycles. The Morgan fingerprint density at radius 3 is 0.782 bits per heavy atom. The van der Waals surface area contributed by atoms with Crippen LogP contribution in [0.25, 0.3) is 0 Å². The van der Waals surface area contributed by atoms with Crippen LogP contribution in [0.1, 0.15) is 335 Å². The molecule has 0 bridgehead atoms. The van der Waals surface area contributed by atoms with E-state index in [9.17, 15) is 14.4 Å². The van der Waals surface area contributed by atoms with Crippen LogP contribution in [0.5, 0.6) is 0 Å². The summed E-state index contributed by atoms with van der Waals surface area (Å²) < 4.78 is 16.9. The molecule has 6 heteroatoms. The maximum absolute atomic E-state index is 12.9. The van der Waals surface area contributed by atoms with E-state index < -0.39 is 6.10 Å². The maximum atomic E-state index is 12.9. The van der Waals surface area contributed by atoms with Crippen molar-refractivity contribution in [2.24, 2.45) is 0 Å². The third-order valence-corrected chi connectivity index (χ3v) is 14.7. The molecule has 0 radical (unpaired) electrons. The Morgan fingerprint density at radius 2 is 0.500 bits per heavy atom. The lowest BCUT2D eigenvalue weighted by Crippen LogP contribution is -2.30. The fourth-order valence-electron chi connectivity index (χ4n) is 9.66. The molecule has 0 N–H and O–H groups in total. The van der Waals surface area contributed by atoms with Gasteiger partial charge >= 0.3 is 17.9 Å². The first-order valence-electron chi connectivity index (χ1n) is 33.6. The first-order valence-corrected chi connectivity index (χ1v) is 33.6. The van der Waals surface area contributed by atoms with Crippen molar-refractivity contribution in [3.63, 3.8) is 0 Å². The van der Waals surface area contributed by atoms with Crippen molar-refractivity contribution in [3.8, 4) is 0 Å². The minimum absolute atomic E-state index is 0.0701. The molecule has 0 aliphatic carbocycles. The average molecular weight is 1090 g/mol. The van der Waals surface area contributed by atoms with Gasteiger partial charge in [0, 0.05) is 19.3 Å². The second-order valence-corrected chi connectivity index (χ2v) is 22.4. The van der Waals surface area contributed by atoms with E-state index in [2.05, 4.69) is 106 Å². The number of carbonyl (C=O) groups excluding carboxylic acids is 3. The topological polar surface area (TPSA) is 78.9 Å². The molecule has 0 aromatic carbocycles. The van der Waals surface area contributed by atoms with E-state index in [1.54, 1.807) is 0 Å². The summed E-state index contributed by atoms with van der Waals surface area (Å²) in [6, 6.07) is 0. The van der Waals surface area contributed by atoms with Gasteiger partial charge < -0.3 is 14.2 Å². The minimum Gasteiger partial charge on any atom is -0.462 e. The van der Waals surface area contributed by atoms with Crippen LogP contribution < -0.4 is 0 Å². The summed E-state index contributed by atoms with van der Waals surface area (Å²) in [5.74, 6) is -0.857. The molecular formula is C72H126O6. The summed E-state index contributed by atoms with van der Waals surface area (Å²) in [6.45, 7) is 6.54. The van der Waals surface area contributed by atoms with Gasteiger partial charge in [0.1, 0.15) is 13.2 Å². The fourth-order valence-corrected chi connectivity index (χ4v) is 9.66. The van der Waals surface area contributed by atoms with Crippen molar-refractivity contribution in [1.29, 1.82) is 0 Å². The summed E-state index contributed by atoms with van der Waals surface area (Å²) in [5, 5.41) is 0. The van der Waals surface area contributed by atoms with E-state index in [0.29, 0.717) is 19.3 Å². The molecule has 0 spiro atoms. The van der Waals surface area contributed by atoms with E-state index in [4.69, 9.17) is 14.2 Å². The van der Waals surface area contributed by atoms with Gasteiger partial charge in [0.25, 0.3) is 0 Å². The number of unbranched alkanes of at least 4 members (excludes halogenated alkanes) is 36. The predicted molar refractivity (Wildman–Crippen MR) is 339 cm³/mol. The summed E-state index contributed by atoms with van der Waals surface area (Å²) in [5.41, 5.74) is 0. The van der Waals surface area contributed by atoms with Crippen molar-refractivity contribution in [2.75, 3.05) is 13.2 Å².